The third kappa shape index (κ3) is 4.48. The minimum absolute atomic E-state index is 0.0693. The number of aryl methyl sites for hydroxylation is 1. The molecule has 106 valence electrons. The van der Waals surface area contributed by atoms with E-state index in [9.17, 15) is 4.79 Å². The molecule has 1 heterocycles. The molecule has 0 atom stereocenters. The number of nitrogens with one attached hydrogen (secondary N) is 1. The van der Waals surface area contributed by atoms with Crippen LogP contribution in [0.4, 0.5) is 5.95 Å². The van der Waals surface area contributed by atoms with Gasteiger partial charge in [-0.3, -0.25) is 0 Å². The summed E-state index contributed by atoms with van der Waals surface area (Å²) >= 11 is 0. The van der Waals surface area contributed by atoms with Crippen LogP contribution in [-0.4, -0.2) is 40.8 Å². The number of hydrogen-bond acceptors (Lipinski definition) is 6. The Morgan fingerprint density at radius 3 is 2.74 bits per heavy atom. The van der Waals surface area contributed by atoms with E-state index in [1.165, 1.54) is 6.20 Å². The topological polar surface area (TPSA) is 84.3 Å². The summed E-state index contributed by atoms with van der Waals surface area (Å²) in [5, 5.41) is 12.2. The molecule has 0 spiro atoms. The molecule has 0 bridgehead atoms. The first kappa shape index (κ1) is 15.4. The van der Waals surface area contributed by atoms with E-state index in [-0.39, 0.29) is 12.0 Å². The number of hydrogen-bond donors (Lipinski definition) is 2. The lowest BCUT2D eigenvalue weighted by Gasteiger charge is -2.21. The molecule has 1 rings (SSSR count). The van der Waals surface area contributed by atoms with Crippen LogP contribution in [0, 0.1) is 12.3 Å². The maximum absolute atomic E-state index is 11.6. The fourth-order valence-corrected chi connectivity index (χ4v) is 1.34. The van der Waals surface area contributed by atoms with Crippen molar-refractivity contribution in [1.82, 2.24) is 9.97 Å². The second-order valence-corrected chi connectivity index (χ2v) is 5.09. The van der Waals surface area contributed by atoms with Crippen LogP contribution in [0.25, 0.3) is 0 Å². The van der Waals surface area contributed by atoms with Gasteiger partial charge in [-0.05, 0) is 13.8 Å². The number of ether oxygens (including phenoxy) is 1. The highest BCUT2D eigenvalue weighted by atomic mass is 16.5. The first-order chi connectivity index (χ1) is 8.89. The summed E-state index contributed by atoms with van der Waals surface area (Å²) in [5.74, 6) is 0.0225. The van der Waals surface area contributed by atoms with Crippen molar-refractivity contribution >= 4 is 11.9 Å². The van der Waals surface area contributed by atoms with Gasteiger partial charge < -0.3 is 15.2 Å². The van der Waals surface area contributed by atoms with Crippen molar-refractivity contribution in [2.75, 3.05) is 25.1 Å². The SMILES string of the molecule is CCOC(=O)c1cnc(NCC(C)(C)CO)nc1C. The Morgan fingerprint density at radius 2 is 2.21 bits per heavy atom. The maximum Gasteiger partial charge on any atom is 0.341 e. The highest BCUT2D eigenvalue weighted by molar-refractivity contribution is 5.90. The molecule has 0 unspecified atom stereocenters. The number of aliphatic hydroxyl groups excluding tert-OH is 1. The summed E-state index contributed by atoms with van der Waals surface area (Å²) in [4.78, 5) is 19.9. The molecule has 0 amide bonds. The molecule has 6 nitrogen and oxygen atoms in total. The summed E-state index contributed by atoms with van der Waals surface area (Å²) in [5.41, 5.74) is 0.684. The van der Waals surface area contributed by atoms with Crippen LogP contribution in [0.1, 0.15) is 36.8 Å². The van der Waals surface area contributed by atoms with Crippen molar-refractivity contribution in [3.05, 3.63) is 17.5 Å². The predicted octanol–water partition coefficient (Wildman–Crippen LogP) is 1.39. The van der Waals surface area contributed by atoms with Crippen LogP contribution in [0.3, 0.4) is 0 Å². The Hall–Kier alpha value is -1.69. The molecule has 0 aromatic carbocycles. The Labute approximate surface area is 113 Å². The minimum Gasteiger partial charge on any atom is -0.462 e. The van der Waals surface area contributed by atoms with E-state index in [1.54, 1.807) is 13.8 Å². The molecule has 0 radical (unpaired) electrons. The summed E-state index contributed by atoms with van der Waals surface area (Å²) < 4.78 is 4.91. The molecular weight excluding hydrogens is 246 g/mol. The highest BCUT2D eigenvalue weighted by Gasteiger charge is 2.17. The molecule has 0 aliphatic heterocycles. The minimum atomic E-state index is -0.415. The van der Waals surface area contributed by atoms with Gasteiger partial charge in [0, 0.05) is 24.8 Å². The van der Waals surface area contributed by atoms with E-state index >= 15 is 0 Å². The lowest BCUT2D eigenvalue weighted by atomic mass is 9.95. The van der Waals surface area contributed by atoms with Gasteiger partial charge in [0.15, 0.2) is 0 Å². The van der Waals surface area contributed by atoms with E-state index in [0.717, 1.165) is 0 Å². The van der Waals surface area contributed by atoms with E-state index in [0.29, 0.717) is 30.4 Å². The van der Waals surface area contributed by atoms with Crippen molar-refractivity contribution in [3.63, 3.8) is 0 Å². The van der Waals surface area contributed by atoms with E-state index in [1.807, 2.05) is 13.8 Å². The van der Waals surface area contributed by atoms with Crippen LogP contribution >= 0.6 is 0 Å². The van der Waals surface area contributed by atoms with E-state index in [2.05, 4.69) is 15.3 Å². The normalized spacial score (nSPS) is 11.2. The molecule has 1 aromatic heterocycles. The lowest BCUT2D eigenvalue weighted by molar-refractivity contribution is 0.0524. The van der Waals surface area contributed by atoms with Crippen LogP contribution in [0.15, 0.2) is 6.20 Å². The number of aliphatic hydroxyl groups is 1. The van der Waals surface area contributed by atoms with Gasteiger partial charge in [0.25, 0.3) is 0 Å². The van der Waals surface area contributed by atoms with Crippen molar-refractivity contribution in [3.8, 4) is 0 Å². The standard InChI is InChI=1S/C13H21N3O3/c1-5-19-11(18)10-6-14-12(16-9(10)2)15-7-13(3,4)8-17/h6,17H,5,7-8H2,1-4H3,(H,14,15,16). The molecule has 6 heteroatoms. The summed E-state index contributed by atoms with van der Waals surface area (Å²) in [7, 11) is 0. The van der Waals surface area contributed by atoms with Gasteiger partial charge in [0.2, 0.25) is 5.95 Å². The fourth-order valence-electron chi connectivity index (χ4n) is 1.34. The number of rotatable bonds is 6. The predicted molar refractivity (Wildman–Crippen MR) is 72.1 cm³/mol. The molecule has 0 aliphatic carbocycles. The zero-order chi connectivity index (χ0) is 14.5. The summed E-state index contributed by atoms with van der Waals surface area (Å²) in [6.45, 7) is 8.28. The molecule has 0 aliphatic rings. The zero-order valence-electron chi connectivity index (χ0n) is 11.9. The van der Waals surface area contributed by atoms with Gasteiger partial charge in [-0.1, -0.05) is 13.8 Å². The van der Waals surface area contributed by atoms with Crippen molar-refractivity contribution < 1.29 is 14.6 Å². The van der Waals surface area contributed by atoms with Gasteiger partial charge in [-0.2, -0.15) is 0 Å². The van der Waals surface area contributed by atoms with Gasteiger partial charge in [-0.25, -0.2) is 14.8 Å². The number of nitrogens with zero attached hydrogens (tertiary/aromatic N) is 2. The van der Waals surface area contributed by atoms with E-state index < -0.39 is 5.97 Å². The molecule has 1 aromatic rings. The smallest absolute Gasteiger partial charge is 0.341 e. The molecule has 0 saturated heterocycles. The van der Waals surface area contributed by atoms with Gasteiger partial charge in [0.05, 0.1) is 17.9 Å². The number of carbonyl (C=O) groups excluding carboxylic acids is 1. The largest absolute Gasteiger partial charge is 0.462 e. The van der Waals surface area contributed by atoms with Gasteiger partial charge in [0.1, 0.15) is 0 Å². The summed E-state index contributed by atoms with van der Waals surface area (Å²) in [6.07, 6.45) is 1.45. The van der Waals surface area contributed by atoms with Crippen molar-refractivity contribution in [1.29, 1.82) is 0 Å². The zero-order valence-corrected chi connectivity index (χ0v) is 11.9. The number of carbonyl (C=O) groups is 1. The van der Waals surface area contributed by atoms with Crippen molar-refractivity contribution in [2.45, 2.75) is 27.7 Å². The molecular formula is C13H21N3O3. The molecule has 19 heavy (non-hydrogen) atoms. The first-order valence-corrected chi connectivity index (χ1v) is 6.25. The van der Waals surface area contributed by atoms with E-state index in [4.69, 9.17) is 9.84 Å². The fraction of sp³-hybridized carbons (Fsp3) is 0.615. The van der Waals surface area contributed by atoms with Gasteiger partial charge >= 0.3 is 5.97 Å². The Kier molecular flexibility index (Phi) is 5.23. The quantitative estimate of drug-likeness (QED) is 0.758. The second-order valence-electron chi connectivity index (χ2n) is 5.09. The average molecular weight is 267 g/mol. The van der Waals surface area contributed by atoms with Crippen LogP contribution in [0.5, 0.6) is 0 Å². The average Bonchev–Trinajstić information content (AvgIpc) is 2.37. The van der Waals surface area contributed by atoms with Gasteiger partial charge in [-0.15, -0.1) is 0 Å². The second kappa shape index (κ2) is 6.47. The number of esters is 1. The third-order valence-corrected chi connectivity index (χ3v) is 2.63. The van der Waals surface area contributed by atoms with Crippen LogP contribution in [0.2, 0.25) is 0 Å². The monoisotopic (exact) mass is 267 g/mol. The Bertz CT molecular complexity index is 447. The van der Waals surface area contributed by atoms with Crippen LogP contribution in [-0.2, 0) is 4.74 Å². The third-order valence-electron chi connectivity index (χ3n) is 2.63. The first-order valence-electron chi connectivity index (χ1n) is 6.25. The Morgan fingerprint density at radius 1 is 1.53 bits per heavy atom. The molecule has 0 fully saturated rings. The molecule has 0 saturated carbocycles. The number of aromatic nitrogens is 2. The maximum atomic E-state index is 11.6. The molecule has 2 N–H and O–H groups in total. The lowest BCUT2D eigenvalue weighted by Crippen LogP contribution is -2.27. The Balaban J connectivity index is 2.74. The van der Waals surface area contributed by atoms with Crippen molar-refractivity contribution in [2.24, 2.45) is 5.41 Å². The highest BCUT2D eigenvalue weighted by Crippen LogP contribution is 2.15. The number of anilines is 1. The van der Waals surface area contributed by atoms with Crippen LogP contribution < -0.4 is 5.32 Å². The summed E-state index contributed by atoms with van der Waals surface area (Å²) in [6, 6.07) is 0.